The molecule has 754 valence electrons. The summed E-state index contributed by atoms with van der Waals surface area (Å²) in [5.41, 5.74) is 6.93. The maximum absolute atomic E-state index is 12.7. The number of aromatic nitrogens is 10. The molecule has 0 atom stereocenters. The number of anilines is 18. The van der Waals surface area contributed by atoms with Gasteiger partial charge in [-0.15, -0.1) is 0 Å². The Morgan fingerprint density at radius 2 is 0.500 bits per heavy atom. The maximum Gasteiger partial charge on any atom is 0.296 e. The molecule has 4 aromatic heterocycles. The number of amides is 7. The molecule has 11 aromatic carbocycles. The van der Waals surface area contributed by atoms with Crippen molar-refractivity contribution in [2.75, 3.05) is 67.5 Å². The van der Waals surface area contributed by atoms with Crippen LogP contribution in [0.15, 0.2) is 295 Å². The van der Waals surface area contributed by atoms with E-state index in [9.17, 15) is 116 Å². The summed E-state index contributed by atoms with van der Waals surface area (Å²) in [6.07, 6.45) is 0. The minimum absolute atomic E-state index is 0.00295. The highest BCUT2D eigenvalue weighted by molar-refractivity contribution is 7.87. The molecule has 0 spiro atoms. The molecule has 19 rings (SSSR count). The van der Waals surface area contributed by atoms with E-state index in [-0.39, 0.29) is 156 Å². The second-order valence-corrected chi connectivity index (χ2v) is 39.8. The summed E-state index contributed by atoms with van der Waals surface area (Å²) in [5, 5.41) is 35.8. The van der Waals surface area contributed by atoms with Gasteiger partial charge in [0.1, 0.15) is 14.7 Å². The monoisotopic (exact) mass is 2120 g/mol. The van der Waals surface area contributed by atoms with Crippen LogP contribution >= 0.6 is 0 Å². The van der Waals surface area contributed by atoms with Gasteiger partial charge in [-0.3, -0.25) is 75.6 Å². The molecule has 7 amide bonds. The molecule has 55 heteroatoms. The van der Waals surface area contributed by atoms with Gasteiger partial charge in [-0.2, -0.15) is 95.4 Å². The Labute approximate surface area is 838 Å². The van der Waals surface area contributed by atoms with Crippen molar-refractivity contribution >= 4 is 212 Å². The number of H-pyrrole nitrogens is 1. The molecule has 0 saturated carbocycles. The number of carbonyl (C=O) groups excluding carboxylic acids is 7. The molecule has 0 saturated heterocycles. The zero-order valence-electron chi connectivity index (χ0n) is 76.1. The lowest BCUT2D eigenvalue weighted by Gasteiger charge is -2.14. The SMILES string of the molecule is CCN1C(=O)c2ccc(Nc3nc(Nc4ccc(S(=O)(=O)O)cc4)nc(Nc4ccc(S(=O)(=O)O)cc4)n3)cc2C1=O.CCN1C(=O)c2ccc(Nc3nc(Nc4ccc(S(=O)(=O)O)cc4)nc(Nc4ccccc4S(=O)(=O)O)n3)cc2C1=O.CCN1C(=O)c2ccc(Nc3nc(Nc4ccccc4S(=O)(=O)O)nc(Nc4ccccc4S(=O)(=O)O)n3)cc2C1=O.O=C1N=C(c2ccccc2)c2c(O)[nH]c(-c3ccccc3)c21. The minimum atomic E-state index is -4.64. The van der Waals surface area contributed by atoms with Crippen molar-refractivity contribution in [1.82, 2.24) is 64.5 Å². The second-order valence-electron chi connectivity index (χ2n) is 31.4. The van der Waals surface area contributed by atoms with Gasteiger partial charge in [0.05, 0.1) is 87.7 Å². The van der Waals surface area contributed by atoms with Crippen LogP contribution in [0.1, 0.15) is 104 Å². The third-order valence-electron chi connectivity index (χ3n) is 21.7. The summed E-state index contributed by atoms with van der Waals surface area (Å²) in [6.45, 7) is 5.69. The molecule has 0 bridgehead atoms. The van der Waals surface area contributed by atoms with Gasteiger partial charge in [0.15, 0.2) is 5.88 Å². The molecular formula is C93H75N23O26S6. The molecule has 0 aliphatic carbocycles. The van der Waals surface area contributed by atoms with E-state index in [1.165, 1.54) is 164 Å². The standard InChI is InChI=1S/3C25H21N7O8S2.C18H12N2O2/c1-2-32-21(33)19-12-7-16(13-20(19)22(32)34)28-25-30-23(26-14-3-8-17(9-4-14)41(35,36)37)29-24(31-25)27-15-5-10-18(11-6-15)42(38,39)40;1-2-32-21(33)15-12-11-14(13-16(15)22(32)34)26-23-29-24(27-17-7-3-5-9-19(17)41(35,36)37)31-25(30-23)28-18-8-4-6-10-20(18)42(38,39)40;1-2-32-21(33)17-12-9-15(13-18(17)22(32)34)27-24-29-23(26-14-7-10-16(11-8-14)41(35,36)37)30-25(31-24)28-19-5-3-4-6-20(19)42(38,39)40;21-17-13-14(16(20-17)12-9-5-2-6-10-12)18(22)19-15(13)11-7-3-1-4-8-11/h3*3-13H,2H2,1H3,(H,35,36,37)(H,38,39,40)(H3,26,27,28,29,30,31);1-10,19,22H. The second kappa shape index (κ2) is 41.7. The highest BCUT2D eigenvalue weighted by Crippen LogP contribution is 2.40. The fourth-order valence-electron chi connectivity index (χ4n) is 15.0. The van der Waals surface area contributed by atoms with Gasteiger partial charge in [0, 0.05) is 59.3 Å². The van der Waals surface area contributed by atoms with Crippen molar-refractivity contribution in [3.63, 3.8) is 0 Å². The van der Waals surface area contributed by atoms with E-state index >= 15 is 0 Å². The fraction of sp³-hybridized carbons (Fsp3) is 0.0645. The number of aromatic amines is 1. The number of hydrogen-bond acceptors (Lipinski definition) is 38. The van der Waals surface area contributed by atoms with Gasteiger partial charge in [-0.1, -0.05) is 97.1 Å². The molecule has 8 heterocycles. The molecule has 0 fully saturated rings. The number of rotatable bonds is 29. The zero-order valence-corrected chi connectivity index (χ0v) is 81.0. The number of carbonyl (C=O) groups is 7. The largest absolute Gasteiger partial charge is 0.494 e. The molecule has 4 aliphatic rings. The van der Waals surface area contributed by atoms with E-state index in [2.05, 4.69) is 103 Å². The number of aromatic hydroxyl groups is 1. The predicted octanol–water partition coefficient (Wildman–Crippen LogP) is 13.0. The van der Waals surface area contributed by atoms with Crippen LogP contribution in [-0.2, 0) is 60.7 Å². The third-order valence-corrected chi connectivity index (χ3v) is 27.1. The Morgan fingerprint density at radius 1 is 0.264 bits per heavy atom. The first kappa shape index (κ1) is 103. The van der Waals surface area contributed by atoms with E-state index in [4.69, 9.17) is 0 Å². The molecule has 148 heavy (non-hydrogen) atoms. The van der Waals surface area contributed by atoms with E-state index in [0.29, 0.717) is 56.7 Å². The van der Waals surface area contributed by atoms with Gasteiger partial charge < -0.3 is 57.9 Å². The lowest BCUT2D eigenvalue weighted by Crippen LogP contribution is -2.29. The van der Waals surface area contributed by atoms with Crippen molar-refractivity contribution in [3.05, 3.63) is 311 Å². The normalized spacial score (nSPS) is 13.2. The van der Waals surface area contributed by atoms with Crippen LogP contribution in [0.2, 0.25) is 0 Å². The van der Waals surface area contributed by atoms with Gasteiger partial charge in [0.25, 0.3) is 102 Å². The van der Waals surface area contributed by atoms with Crippen molar-refractivity contribution in [3.8, 4) is 17.1 Å². The van der Waals surface area contributed by atoms with Gasteiger partial charge in [-0.05, 0) is 190 Å². The summed E-state index contributed by atoms with van der Waals surface area (Å²) in [5.74, 6) is -3.85. The summed E-state index contributed by atoms with van der Waals surface area (Å²) in [7, 11) is -27.1. The van der Waals surface area contributed by atoms with E-state index in [1.54, 1.807) is 32.9 Å². The van der Waals surface area contributed by atoms with E-state index in [0.717, 1.165) is 50.1 Å². The number of nitrogens with one attached hydrogen (secondary N) is 10. The Bertz CT molecular complexity index is 8530. The van der Waals surface area contributed by atoms with Crippen molar-refractivity contribution in [2.24, 2.45) is 4.99 Å². The van der Waals surface area contributed by atoms with Crippen molar-refractivity contribution in [1.29, 1.82) is 0 Å². The lowest BCUT2D eigenvalue weighted by atomic mass is 10.0. The Balaban J connectivity index is 0.000000144. The molecule has 49 nitrogen and oxygen atoms in total. The molecular weight excluding hydrogens is 2050 g/mol. The quantitative estimate of drug-likeness (QED) is 0.0153. The number of benzene rings is 11. The van der Waals surface area contributed by atoms with Crippen molar-refractivity contribution in [2.45, 2.75) is 50.1 Å². The third kappa shape index (κ3) is 23.2. The fourth-order valence-corrected chi connectivity index (χ4v) is 18.4. The van der Waals surface area contributed by atoms with Crippen LogP contribution in [0, 0.1) is 0 Å². The molecule has 4 aliphatic heterocycles. The lowest BCUT2D eigenvalue weighted by molar-refractivity contribution is 0.0647. The number of aliphatic imine (C=N–C) groups is 1. The Hall–Kier alpha value is -18.1. The van der Waals surface area contributed by atoms with Crippen LogP contribution in [0.3, 0.4) is 0 Å². The summed E-state index contributed by atoms with van der Waals surface area (Å²) < 4.78 is 196. The highest BCUT2D eigenvalue weighted by Gasteiger charge is 2.39. The van der Waals surface area contributed by atoms with Crippen molar-refractivity contribution < 1.29 is 116 Å². The number of para-hydroxylation sites is 3. The van der Waals surface area contributed by atoms with Gasteiger partial charge in [0.2, 0.25) is 53.5 Å². The summed E-state index contributed by atoms with van der Waals surface area (Å²) >= 11 is 0. The topological polar surface area (TPSA) is 728 Å². The highest BCUT2D eigenvalue weighted by atomic mass is 32.2. The van der Waals surface area contributed by atoms with Crippen LogP contribution < -0.4 is 47.9 Å². The van der Waals surface area contributed by atoms with Crippen LogP contribution in [0.5, 0.6) is 5.88 Å². The Kier molecular flexibility index (Phi) is 29.0. The predicted molar refractivity (Wildman–Crippen MR) is 533 cm³/mol. The van der Waals surface area contributed by atoms with Gasteiger partial charge in [-0.25, -0.2) is 4.99 Å². The summed E-state index contributed by atoms with van der Waals surface area (Å²) in [4.78, 5) is 134. The van der Waals surface area contributed by atoms with E-state index < -0.39 is 105 Å². The molecule has 0 radical (unpaired) electrons. The first-order valence-corrected chi connectivity index (χ1v) is 51.7. The molecule has 15 aromatic rings. The van der Waals surface area contributed by atoms with E-state index in [1.807, 2.05) is 60.7 Å². The number of imide groups is 3. The van der Waals surface area contributed by atoms with Crippen LogP contribution in [0.25, 0.3) is 11.3 Å². The number of fused-ring (bicyclic) bond motifs is 4. The minimum Gasteiger partial charge on any atom is -0.494 e. The van der Waals surface area contributed by atoms with Crippen LogP contribution in [-0.4, -0.2) is 214 Å². The summed E-state index contributed by atoms with van der Waals surface area (Å²) in [6, 6.07) is 63.9. The molecule has 0 unspecified atom stereocenters. The first-order chi connectivity index (χ1) is 70.2. The zero-order chi connectivity index (χ0) is 106. The smallest absolute Gasteiger partial charge is 0.296 e. The van der Waals surface area contributed by atoms with Crippen LogP contribution in [0.4, 0.5) is 105 Å². The Morgan fingerprint density at radius 3 is 0.764 bits per heavy atom. The maximum atomic E-state index is 12.7. The number of nitrogens with zero attached hydrogens (tertiary/aromatic N) is 13. The average molecular weight is 2120 g/mol. The first-order valence-electron chi connectivity index (χ1n) is 43.1. The average Bonchev–Trinajstić information content (AvgIpc) is 1.59. The van der Waals surface area contributed by atoms with Gasteiger partial charge >= 0.3 is 0 Å². The number of hydrogen-bond donors (Lipinski definition) is 17. The molecule has 17 N–H and O–H groups in total.